The lowest BCUT2D eigenvalue weighted by atomic mass is 10.0. The highest BCUT2D eigenvalue weighted by Gasteiger charge is 2.24. The van der Waals surface area contributed by atoms with E-state index in [1.165, 1.54) is 11.3 Å². The summed E-state index contributed by atoms with van der Waals surface area (Å²) in [4.78, 5) is 15.0. The molecule has 2 rings (SSSR count). The summed E-state index contributed by atoms with van der Waals surface area (Å²) >= 11 is 4.84. The van der Waals surface area contributed by atoms with Crippen molar-refractivity contribution in [1.29, 1.82) is 0 Å². The normalized spacial score (nSPS) is 21.6. The van der Waals surface area contributed by atoms with Crippen LogP contribution in [0.2, 0.25) is 0 Å². The van der Waals surface area contributed by atoms with Crippen molar-refractivity contribution >= 4 is 33.0 Å². The summed E-state index contributed by atoms with van der Waals surface area (Å²) < 4.78 is 0.984. The summed E-state index contributed by atoms with van der Waals surface area (Å²) in [6.07, 6.45) is 3.27. The highest BCUT2D eigenvalue weighted by Crippen LogP contribution is 2.23. The summed E-state index contributed by atoms with van der Waals surface area (Å²) in [7, 11) is 0. The van der Waals surface area contributed by atoms with Gasteiger partial charge in [-0.25, -0.2) is 0 Å². The van der Waals surface area contributed by atoms with E-state index >= 15 is 0 Å². The summed E-state index contributed by atoms with van der Waals surface area (Å²) in [6, 6.07) is 3.92. The van der Waals surface area contributed by atoms with Crippen molar-refractivity contribution in [3.05, 3.63) is 20.8 Å². The first-order chi connectivity index (χ1) is 8.20. The van der Waals surface area contributed by atoms with E-state index in [0.29, 0.717) is 6.54 Å². The molecule has 0 aliphatic carbocycles. The topological polar surface area (TPSA) is 40.5 Å². The van der Waals surface area contributed by atoms with Gasteiger partial charge in [0.1, 0.15) is 0 Å². The Kier molecular flexibility index (Phi) is 4.73. The molecule has 1 aromatic rings. The Bertz CT molecular complexity index is 394. The Labute approximate surface area is 114 Å². The largest absolute Gasteiger partial charge is 0.395 e. The fourth-order valence-corrected chi connectivity index (χ4v) is 3.52. The second-order valence-corrected chi connectivity index (χ2v) is 6.79. The molecule has 1 unspecified atom stereocenters. The molecular formula is C12H16BrNO2S. The van der Waals surface area contributed by atoms with Crippen molar-refractivity contribution < 1.29 is 9.90 Å². The average molecular weight is 318 g/mol. The van der Waals surface area contributed by atoms with Crippen molar-refractivity contribution in [2.24, 2.45) is 0 Å². The molecule has 1 N–H and O–H groups in total. The summed E-state index contributed by atoms with van der Waals surface area (Å²) in [5.41, 5.74) is 0. The molecule has 5 heteroatoms. The van der Waals surface area contributed by atoms with E-state index in [1.807, 2.05) is 12.1 Å². The van der Waals surface area contributed by atoms with Gasteiger partial charge in [0.25, 0.3) is 0 Å². The van der Waals surface area contributed by atoms with Crippen LogP contribution in [-0.2, 0) is 0 Å². The van der Waals surface area contributed by atoms with Gasteiger partial charge in [-0.15, -0.1) is 11.3 Å². The van der Waals surface area contributed by atoms with Crippen LogP contribution in [0.1, 0.15) is 28.9 Å². The minimum Gasteiger partial charge on any atom is -0.395 e. The molecule has 3 nitrogen and oxygen atoms in total. The molecular weight excluding hydrogens is 302 g/mol. The molecule has 1 aromatic heterocycles. The zero-order chi connectivity index (χ0) is 12.3. The maximum Gasteiger partial charge on any atom is 0.186 e. The second kappa shape index (κ2) is 6.09. The summed E-state index contributed by atoms with van der Waals surface area (Å²) in [6.45, 7) is 1.50. The molecule has 2 heterocycles. The van der Waals surface area contributed by atoms with E-state index < -0.39 is 0 Å². The van der Waals surface area contributed by atoms with Crippen molar-refractivity contribution in [3.63, 3.8) is 0 Å². The summed E-state index contributed by atoms with van der Waals surface area (Å²) in [5.74, 6) is 0.154. The molecule has 0 amide bonds. The Morgan fingerprint density at radius 2 is 2.35 bits per heavy atom. The minimum atomic E-state index is 0.154. The molecule has 94 valence electrons. The van der Waals surface area contributed by atoms with E-state index in [9.17, 15) is 9.90 Å². The van der Waals surface area contributed by atoms with Crippen LogP contribution in [0.3, 0.4) is 0 Å². The number of nitrogens with zero attached hydrogens (tertiary/aromatic N) is 1. The third-order valence-corrected chi connectivity index (χ3v) is 4.82. The van der Waals surface area contributed by atoms with Gasteiger partial charge in [-0.3, -0.25) is 9.69 Å². The third kappa shape index (κ3) is 3.37. The molecule has 1 atom stereocenters. The Morgan fingerprint density at radius 3 is 3.00 bits per heavy atom. The number of halogens is 1. The molecule has 0 aromatic carbocycles. The number of ketones is 1. The monoisotopic (exact) mass is 317 g/mol. The molecule has 1 saturated heterocycles. The molecule has 17 heavy (non-hydrogen) atoms. The molecule has 0 saturated carbocycles. The van der Waals surface area contributed by atoms with Crippen LogP contribution in [0.4, 0.5) is 0 Å². The van der Waals surface area contributed by atoms with Crippen LogP contribution in [0, 0.1) is 0 Å². The van der Waals surface area contributed by atoms with E-state index in [2.05, 4.69) is 20.8 Å². The van der Waals surface area contributed by atoms with Crippen molar-refractivity contribution in [1.82, 2.24) is 4.90 Å². The Balaban J connectivity index is 1.97. The zero-order valence-corrected chi connectivity index (χ0v) is 12.0. The number of rotatable bonds is 4. The van der Waals surface area contributed by atoms with Crippen LogP contribution in [0.25, 0.3) is 0 Å². The van der Waals surface area contributed by atoms with Gasteiger partial charge in [-0.05, 0) is 47.4 Å². The SMILES string of the molecule is O=C(CN1CCCCC1CO)c1ccc(Br)s1. The highest BCUT2D eigenvalue weighted by atomic mass is 79.9. The van der Waals surface area contributed by atoms with Crippen LogP contribution in [-0.4, -0.2) is 41.5 Å². The third-order valence-electron chi connectivity index (χ3n) is 3.15. The number of Topliss-reactive ketones (excluding diaryl/α,β-unsaturated/α-hetero) is 1. The van der Waals surface area contributed by atoms with Gasteiger partial charge in [0, 0.05) is 6.04 Å². The Hall–Kier alpha value is -0.230. The number of aliphatic hydroxyl groups is 1. The first-order valence-corrected chi connectivity index (χ1v) is 7.45. The average Bonchev–Trinajstić information content (AvgIpc) is 2.77. The smallest absolute Gasteiger partial charge is 0.186 e. The first kappa shape index (κ1) is 13.2. The molecule has 1 aliphatic rings. The van der Waals surface area contributed by atoms with Gasteiger partial charge < -0.3 is 5.11 Å². The van der Waals surface area contributed by atoms with Crippen LogP contribution < -0.4 is 0 Å². The number of hydrogen-bond donors (Lipinski definition) is 1. The number of aliphatic hydroxyl groups excluding tert-OH is 1. The van der Waals surface area contributed by atoms with E-state index in [1.54, 1.807) is 0 Å². The lowest BCUT2D eigenvalue weighted by molar-refractivity contribution is 0.0714. The second-order valence-electron chi connectivity index (χ2n) is 4.33. The fraction of sp³-hybridized carbons (Fsp3) is 0.583. The Morgan fingerprint density at radius 1 is 1.53 bits per heavy atom. The van der Waals surface area contributed by atoms with E-state index in [4.69, 9.17) is 0 Å². The van der Waals surface area contributed by atoms with Crippen molar-refractivity contribution in [2.45, 2.75) is 25.3 Å². The van der Waals surface area contributed by atoms with Gasteiger partial charge in [0.2, 0.25) is 0 Å². The number of carbonyl (C=O) groups is 1. The molecule has 1 fully saturated rings. The maximum atomic E-state index is 12.1. The number of hydrogen-bond acceptors (Lipinski definition) is 4. The number of thiophene rings is 1. The zero-order valence-electron chi connectivity index (χ0n) is 9.56. The number of piperidine rings is 1. The maximum absolute atomic E-state index is 12.1. The minimum absolute atomic E-state index is 0.154. The molecule has 0 spiro atoms. The van der Waals surface area contributed by atoms with Crippen LogP contribution in [0.15, 0.2) is 15.9 Å². The van der Waals surface area contributed by atoms with Gasteiger partial charge >= 0.3 is 0 Å². The lowest BCUT2D eigenvalue weighted by Gasteiger charge is -2.33. The van der Waals surface area contributed by atoms with Gasteiger partial charge in [-0.2, -0.15) is 0 Å². The van der Waals surface area contributed by atoms with Gasteiger partial charge in [-0.1, -0.05) is 6.42 Å². The molecule has 1 aliphatic heterocycles. The lowest BCUT2D eigenvalue weighted by Crippen LogP contribution is -2.44. The molecule has 0 bridgehead atoms. The van der Waals surface area contributed by atoms with Crippen molar-refractivity contribution in [2.75, 3.05) is 19.7 Å². The fourth-order valence-electron chi connectivity index (χ4n) is 2.20. The molecule has 0 radical (unpaired) electrons. The van der Waals surface area contributed by atoms with E-state index in [-0.39, 0.29) is 18.4 Å². The highest BCUT2D eigenvalue weighted by molar-refractivity contribution is 9.11. The van der Waals surface area contributed by atoms with Gasteiger partial charge in [0.05, 0.1) is 21.8 Å². The predicted octanol–water partition coefficient (Wildman–Crippen LogP) is 2.54. The van der Waals surface area contributed by atoms with E-state index in [0.717, 1.165) is 34.5 Å². The van der Waals surface area contributed by atoms with Crippen LogP contribution in [0.5, 0.6) is 0 Å². The number of likely N-dealkylation sites (tertiary alicyclic amines) is 1. The van der Waals surface area contributed by atoms with Crippen molar-refractivity contribution in [3.8, 4) is 0 Å². The summed E-state index contributed by atoms with van der Waals surface area (Å²) in [5, 5.41) is 9.29. The standard InChI is InChI=1S/C12H16BrNO2S/c13-12-5-4-11(17-12)10(16)7-14-6-2-1-3-9(14)8-15/h4-5,9,15H,1-3,6-8H2. The number of carbonyl (C=O) groups excluding carboxylic acids is 1. The first-order valence-electron chi connectivity index (χ1n) is 5.84. The predicted molar refractivity (Wildman–Crippen MR) is 72.6 cm³/mol. The van der Waals surface area contributed by atoms with Crippen LogP contribution >= 0.6 is 27.3 Å². The quantitative estimate of drug-likeness (QED) is 0.868. The van der Waals surface area contributed by atoms with Gasteiger partial charge in [0.15, 0.2) is 5.78 Å².